The number of benzene rings is 1. The van der Waals surface area contributed by atoms with Crippen LogP contribution >= 0.6 is 11.6 Å². The number of hydrogen-bond donors (Lipinski definition) is 1. The van der Waals surface area contributed by atoms with Crippen LogP contribution in [0.4, 0.5) is 0 Å². The number of halogens is 1. The van der Waals surface area contributed by atoms with Crippen molar-refractivity contribution in [1.82, 2.24) is 10.2 Å². The Morgan fingerprint density at radius 3 is 2.83 bits per heavy atom. The lowest BCUT2D eigenvalue weighted by atomic mass is 10.0. The van der Waals surface area contributed by atoms with Gasteiger partial charge in [-0.1, -0.05) is 23.7 Å². The first-order valence-electron chi connectivity index (χ1n) is 6.47. The molecule has 0 radical (unpaired) electrons. The molecule has 0 unspecified atom stereocenters. The molecule has 1 N–H and O–H groups in total. The molecule has 0 aromatic heterocycles. The summed E-state index contributed by atoms with van der Waals surface area (Å²) in [6.45, 7) is 4.11. The second-order valence-electron chi connectivity index (χ2n) is 4.63. The summed E-state index contributed by atoms with van der Waals surface area (Å²) in [6, 6.07) is 8.30. The Hall–Kier alpha value is -1.06. The first-order valence-corrected chi connectivity index (χ1v) is 6.84. The Bertz CT molecular complexity index is 405. The quantitative estimate of drug-likeness (QED) is 0.909. The number of nitrogens with zero attached hydrogens (tertiary/aromatic N) is 1. The monoisotopic (exact) mass is 266 g/mol. The van der Waals surface area contributed by atoms with Gasteiger partial charge in [-0.25, -0.2) is 0 Å². The maximum Gasteiger partial charge on any atom is 0.234 e. The first-order chi connectivity index (χ1) is 8.70. The third-order valence-corrected chi connectivity index (χ3v) is 3.59. The van der Waals surface area contributed by atoms with Gasteiger partial charge in [0, 0.05) is 17.6 Å². The van der Waals surface area contributed by atoms with Gasteiger partial charge in [0.1, 0.15) is 0 Å². The lowest BCUT2D eigenvalue weighted by Gasteiger charge is -2.24. The highest BCUT2D eigenvalue weighted by Gasteiger charge is 2.27. The van der Waals surface area contributed by atoms with Gasteiger partial charge in [0.25, 0.3) is 0 Å². The minimum atomic E-state index is 0.110. The number of carbonyl (C=O) groups excluding carboxylic acids is 1. The Morgan fingerprint density at radius 1 is 1.44 bits per heavy atom. The summed E-state index contributed by atoms with van der Waals surface area (Å²) in [7, 11) is 0. The molecule has 1 aliphatic heterocycles. The van der Waals surface area contributed by atoms with Gasteiger partial charge in [-0.05, 0) is 44.0 Å². The van der Waals surface area contributed by atoms with Gasteiger partial charge in [0.15, 0.2) is 0 Å². The number of carbonyl (C=O) groups is 1. The fraction of sp³-hybridized carbons (Fsp3) is 0.500. The fourth-order valence-electron chi connectivity index (χ4n) is 2.52. The second kappa shape index (κ2) is 6.21. The minimum absolute atomic E-state index is 0.110. The SMILES string of the molecule is CCNC(=O)CN1CCC[C@@H]1c1ccc(Cl)cc1. The van der Waals surface area contributed by atoms with Crippen molar-refractivity contribution in [3.05, 3.63) is 34.9 Å². The summed E-state index contributed by atoms with van der Waals surface area (Å²) in [5, 5.41) is 3.61. The molecule has 1 fully saturated rings. The topological polar surface area (TPSA) is 32.3 Å². The van der Waals surface area contributed by atoms with Crippen LogP contribution in [0.5, 0.6) is 0 Å². The molecular formula is C14H19ClN2O. The summed E-state index contributed by atoms with van der Waals surface area (Å²) in [6.07, 6.45) is 2.26. The maximum atomic E-state index is 11.7. The molecular weight excluding hydrogens is 248 g/mol. The Labute approximate surface area is 113 Å². The van der Waals surface area contributed by atoms with E-state index in [2.05, 4.69) is 22.3 Å². The molecule has 0 bridgehead atoms. The predicted molar refractivity (Wildman–Crippen MR) is 73.7 cm³/mol. The number of likely N-dealkylation sites (tertiary alicyclic amines) is 1. The highest BCUT2D eigenvalue weighted by Crippen LogP contribution is 2.31. The van der Waals surface area contributed by atoms with Gasteiger partial charge in [-0.15, -0.1) is 0 Å². The molecule has 1 saturated heterocycles. The summed E-state index contributed by atoms with van der Waals surface area (Å²) in [5.74, 6) is 0.110. The van der Waals surface area contributed by atoms with E-state index in [0.717, 1.165) is 24.4 Å². The van der Waals surface area contributed by atoms with Gasteiger partial charge >= 0.3 is 0 Å². The van der Waals surface area contributed by atoms with Crippen molar-refractivity contribution in [2.45, 2.75) is 25.8 Å². The summed E-state index contributed by atoms with van der Waals surface area (Å²) in [5.41, 5.74) is 1.25. The van der Waals surface area contributed by atoms with Gasteiger partial charge in [0.05, 0.1) is 6.54 Å². The molecule has 0 aliphatic carbocycles. The number of nitrogens with one attached hydrogen (secondary N) is 1. The average Bonchev–Trinajstić information content (AvgIpc) is 2.78. The number of rotatable bonds is 4. The van der Waals surface area contributed by atoms with Crippen molar-refractivity contribution in [2.75, 3.05) is 19.6 Å². The van der Waals surface area contributed by atoms with E-state index in [1.54, 1.807) is 0 Å². The van der Waals surface area contributed by atoms with Gasteiger partial charge in [-0.3, -0.25) is 9.69 Å². The maximum absolute atomic E-state index is 11.7. The van der Waals surface area contributed by atoms with Crippen LogP contribution in [0, 0.1) is 0 Å². The van der Waals surface area contributed by atoms with Crippen LogP contribution in [0.3, 0.4) is 0 Å². The van der Waals surface area contributed by atoms with E-state index in [1.165, 1.54) is 5.56 Å². The Balaban J connectivity index is 2.03. The van der Waals surface area contributed by atoms with Crippen LogP contribution in [-0.2, 0) is 4.79 Å². The van der Waals surface area contributed by atoms with Crippen molar-refractivity contribution in [3.8, 4) is 0 Å². The van der Waals surface area contributed by atoms with E-state index in [9.17, 15) is 4.79 Å². The molecule has 1 atom stereocenters. The molecule has 0 spiro atoms. The van der Waals surface area contributed by atoms with E-state index < -0.39 is 0 Å². The van der Waals surface area contributed by atoms with E-state index in [4.69, 9.17) is 11.6 Å². The van der Waals surface area contributed by atoms with Crippen LogP contribution in [0.1, 0.15) is 31.4 Å². The lowest BCUT2D eigenvalue weighted by Crippen LogP contribution is -2.36. The standard InChI is InChI=1S/C14H19ClN2O/c1-2-16-14(18)10-17-9-3-4-13(17)11-5-7-12(15)8-6-11/h5-8,13H,2-4,9-10H2,1H3,(H,16,18)/t13-/m1/s1. The third kappa shape index (κ3) is 3.24. The normalized spacial score (nSPS) is 20.0. The lowest BCUT2D eigenvalue weighted by molar-refractivity contribution is -0.122. The van der Waals surface area contributed by atoms with Crippen LogP contribution in [-0.4, -0.2) is 30.4 Å². The zero-order chi connectivity index (χ0) is 13.0. The first kappa shape index (κ1) is 13.4. The molecule has 2 rings (SSSR count). The fourth-order valence-corrected chi connectivity index (χ4v) is 2.64. The van der Waals surface area contributed by atoms with Crippen molar-refractivity contribution >= 4 is 17.5 Å². The molecule has 18 heavy (non-hydrogen) atoms. The number of hydrogen-bond acceptors (Lipinski definition) is 2. The second-order valence-corrected chi connectivity index (χ2v) is 5.07. The van der Waals surface area contributed by atoms with Gasteiger partial charge < -0.3 is 5.32 Å². The molecule has 1 aliphatic rings. The molecule has 1 aromatic rings. The predicted octanol–water partition coefficient (Wildman–Crippen LogP) is 2.61. The Morgan fingerprint density at radius 2 is 2.17 bits per heavy atom. The van der Waals surface area contributed by atoms with Gasteiger partial charge in [0.2, 0.25) is 5.91 Å². The van der Waals surface area contributed by atoms with E-state index >= 15 is 0 Å². The molecule has 1 aromatic carbocycles. The molecule has 4 heteroatoms. The molecule has 0 saturated carbocycles. The van der Waals surface area contributed by atoms with E-state index in [0.29, 0.717) is 19.1 Å². The van der Waals surface area contributed by atoms with Crippen LogP contribution in [0.25, 0.3) is 0 Å². The largest absolute Gasteiger partial charge is 0.355 e. The zero-order valence-electron chi connectivity index (χ0n) is 10.7. The highest BCUT2D eigenvalue weighted by atomic mass is 35.5. The molecule has 98 valence electrons. The Kier molecular flexibility index (Phi) is 4.61. The van der Waals surface area contributed by atoms with Gasteiger partial charge in [-0.2, -0.15) is 0 Å². The summed E-state index contributed by atoms with van der Waals surface area (Å²) >= 11 is 5.90. The van der Waals surface area contributed by atoms with Crippen LogP contribution in [0.15, 0.2) is 24.3 Å². The third-order valence-electron chi connectivity index (χ3n) is 3.34. The van der Waals surface area contributed by atoms with Crippen molar-refractivity contribution in [1.29, 1.82) is 0 Å². The van der Waals surface area contributed by atoms with Crippen LogP contribution < -0.4 is 5.32 Å². The molecule has 3 nitrogen and oxygen atoms in total. The van der Waals surface area contributed by atoms with Crippen molar-refractivity contribution in [2.24, 2.45) is 0 Å². The summed E-state index contributed by atoms with van der Waals surface area (Å²) in [4.78, 5) is 13.9. The zero-order valence-corrected chi connectivity index (χ0v) is 11.4. The summed E-state index contributed by atoms with van der Waals surface area (Å²) < 4.78 is 0. The number of likely N-dealkylation sites (N-methyl/N-ethyl adjacent to an activating group) is 1. The van der Waals surface area contributed by atoms with E-state index in [-0.39, 0.29) is 5.91 Å². The smallest absolute Gasteiger partial charge is 0.234 e. The highest BCUT2D eigenvalue weighted by molar-refractivity contribution is 6.30. The molecule has 1 amide bonds. The molecule has 1 heterocycles. The van der Waals surface area contributed by atoms with E-state index in [1.807, 2.05) is 19.1 Å². The van der Waals surface area contributed by atoms with Crippen molar-refractivity contribution in [3.63, 3.8) is 0 Å². The van der Waals surface area contributed by atoms with Crippen LogP contribution in [0.2, 0.25) is 5.02 Å². The number of amides is 1. The minimum Gasteiger partial charge on any atom is -0.355 e. The average molecular weight is 267 g/mol. The van der Waals surface area contributed by atoms with Crippen molar-refractivity contribution < 1.29 is 4.79 Å².